The number of thiocarbonyl (C=S) groups is 1. The minimum atomic E-state index is -4.67. The van der Waals surface area contributed by atoms with Crippen molar-refractivity contribution >= 4 is 22.9 Å². The standard InChI is InChI=1S/C12H14F3NOS/c1-11(2,3)10(18)16-8-4-6-9(7-5-8)17-12(13,14)15/h4-7H,1-3H3,(H,16,18). The average Bonchev–Trinajstić information content (AvgIpc) is 2.17. The molecule has 0 fully saturated rings. The Balaban J connectivity index is 2.70. The zero-order valence-corrected chi connectivity index (χ0v) is 11.1. The van der Waals surface area contributed by atoms with Gasteiger partial charge in [0.1, 0.15) is 5.75 Å². The molecule has 0 heterocycles. The Kier molecular flexibility index (Phi) is 4.21. The zero-order valence-electron chi connectivity index (χ0n) is 10.3. The summed E-state index contributed by atoms with van der Waals surface area (Å²) >= 11 is 5.17. The average molecular weight is 277 g/mol. The summed E-state index contributed by atoms with van der Waals surface area (Å²) in [4.78, 5) is 0.618. The molecule has 1 aromatic carbocycles. The molecule has 0 atom stereocenters. The van der Waals surface area contributed by atoms with Crippen molar-refractivity contribution in [3.05, 3.63) is 24.3 Å². The van der Waals surface area contributed by atoms with E-state index in [2.05, 4.69) is 10.1 Å². The third-order valence-electron chi connectivity index (χ3n) is 2.03. The maximum absolute atomic E-state index is 11.9. The molecule has 0 saturated carbocycles. The Morgan fingerprint density at radius 2 is 1.61 bits per heavy atom. The number of hydrogen-bond donors (Lipinski definition) is 1. The van der Waals surface area contributed by atoms with Crippen LogP contribution >= 0.6 is 12.2 Å². The molecule has 18 heavy (non-hydrogen) atoms. The van der Waals surface area contributed by atoms with Crippen molar-refractivity contribution in [1.82, 2.24) is 0 Å². The van der Waals surface area contributed by atoms with E-state index >= 15 is 0 Å². The lowest BCUT2D eigenvalue weighted by molar-refractivity contribution is -0.274. The second kappa shape index (κ2) is 5.14. The maximum Gasteiger partial charge on any atom is 0.573 e. The first kappa shape index (κ1) is 14.8. The molecule has 1 N–H and O–H groups in total. The van der Waals surface area contributed by atoms with Crippen LogP contribution in [0.5, 0.6) is 5.75 Å². The minimum Gasteiger partial charge on any atom is -0.406 e. The molecule has 100 valence electrons. The molecule has 0 bridgehead atoms. The maximum atomic E-state index is 11.9. The lowest BCUT2D eigenvalue weighted by Crippen LogP contribution is -2.25. The van der Waals surface area contributed by atoms with Gasteiger partial charge in [-0.15, -0.1) is 13.2 Å². The first-order valence-corrected chi connectivity index (χ1v) is 5.66. The van der Waals surface area contributed by atoms with Gasteiger partial charge in [-0.1, -0.05) is 33.0 Å². The molecule has 2 nitrogen and oxygen atoms in total. The van der Waals surface area contributed by atoms with E-state index in [0.717, 1.165) is 0 Å². The van der Waals surface area contributed by atoms with Gasteiger partial charge in [-0.05, 0) is 24.3 Å². The molecule has 1 aromatic rings. The highest BCUT2D eigenvalue weighted by molar-refractivity contribution is 7.80. The van der Waals surface area contributed by atoms with E-state index in [1.165, 1.54) is 24.3 Å². The fourth-order valence-electron chi connectivity index (χ4n) is 1.06. The van der Waals surface area contributed by atoms with E-state index in [0.29, 0.717) is 10.7 Å². The van der Waals surface area contributed by atoms with Gasteiger partial charge in [0.25, 0.3) is 0 Å². The van der Waals surface area contributed by atoms with E-state index in [-0.39, 0.29) is 11.2 Å². The fraction of sp³-hybridized carbons (Fsp3) is 0.417. The van der Waals surface area contributed by atoms with Crippen LogP contribution in [0.4, 0.5) is 18.9 Å². The van der Waals surface area contributed by atoms with Crippen LogP contribution < -0.4 is 10.1 Å². The summed E-state index contributed by atoms with van der Waals surface area (Å²) in [7, 11) is 0. The molecule has 0 unspecified atom stereocenters. The summed E-state index contributed by atoms with van der Waals surface area (Å²) in [5.74, 6) is -0.255. The van der Waals surface area contributed by atoms with Crippen molar-refractivity contribution in [2.75, 3.05) is 5.32 Å². The van der Waals surface area contributed by atoms with E-state index in [1.807, 2.05) is 20.8 Å². The fourth-order valence-corrected chi connectivity index (χ4v) is 1.18. The lowest BCUT2D eigenvalue weighted by Gasteiger charge is -2.21. The zero-order chi connectivity index (χ0) is 14.0. The van der Waals surface area contributed by atoms with E-state index in [9.17, 15) is 13.2 Å². The number of alkyl halides is 3. The van der Waals surface area contributed by atoms with Gasteiger partial charge >= 0.3 is 6.36 Å². The summed E-state index contributed by atoms with van der Waals surface area (Å²) < 4.78 is 39.6. The van der Waals surface area contributed by atoms with Crippen molar-refractivity contribution in [2.45, 2.75) is 27.1 Å². The molecule has 0 aliphatic heterocycles. The number of hydrogen-bond acceptors (Lipinski definition) is 2. The van der Waals surface area contributed by atoms with Gasteiger partial charge in [0.2, 0.25) is 0 Å². The highest BCUT2D eigenvalue weighted by atomic mass is 32.1. The molecule has 0 radical (unpaired) electrons. The second-order valence-electron chi connectivity index (χ2n) is 4.78. The van der Waals surface area contributed by atoms with Gasteiger partial charge in [-0.2, -0.15) is 0 Å². The van der Waals surface area contributed by atoms with Gasteiger partial charge < -0.3 is 10.1 Å². The smallest absolute Gasteiger partial charge is 0.406 e. The summed E-state index contributed by atoms with van der Waals surface area (Å²) in [6.45, 7) is 5.84. The normalized spacial score (nSPS) is 12.1. The molecule has 0 aromatic heterocycles. The molecular weight excluding hydrogens is 263 g/mol. The van der Waals surface area contributed by atoms with E-state index < -0.39 is 6.36 Å². The van der Waals surface area contributed by atoms with Crippen LogP contribution in [0, 0.1) is 5.41 Å². The molecule has 1 rings (SSSR count). The molecule has 0 aliphatic carbocycles. The van der Waals surface area contributed by atoms with Crippen molar-refractivity contribution in [1.29, 1.82) is 0 Å². The largest absolute Gasteiger partial charge is 0.573 e. The predicted molar refractivity (Wildman–Crippen MR) is 68.8 cm³/mol. The Labute approximate surface area is 109 Å². The van der Waals surface area contributed by atoms with Crippen LogP contribution in [0.3, 0.4) is 0 Å². The minimum absolute atomic E-state index is 0.198. The predicted octanol–water partition coefficient (Wildman–Crippen LogP) is 4.37. The van der Waals surface area contributed by atoms with E-state index in [4.69, 9.17) is 12.2 Å². The Morgan fingerprint density at radius 1 is 1.11 bits per heavy atom. The van der Waals surface area contributed by atoms with Crippen LogP contribution in [0.25, 0.3) is 0 Å². The molecule has 0 spiro atoms. The third-order valence-corrected chi connectivity index (χ3v) is 2.74. The Morgan fingerprint density at radius 3 is 2.00 bits per heavy atom. The Bertz CT molecular complexity index is 420. The van der Waals surface area contributed by atoms with Crippen LogP contribution in [0.15, 0.2) is 24.3 Å². The van der Waals surface area contributed by atoms with Crippen molar-refractivity contribution in [3.8, 4) is 5.75 Å². The molecular formula is C12H14F3NOS. The van der Waals surface area contributed by atoms with Gasteiger partial charge in [-0.25, -0.2) is 0 Å². The first-order valence-electron chi connectivity index (χ1n) is 5.25. The number of anilines is 1. The third kappa shape index (κ3) is 4.91. The van der Waals surface area contributed by atoms with Gasteiger partial charge in [0, 0.05) is 11.1 Å². The molecule has 6 heteroatoms. The van der Waals surface area contributed by atoms with Crippen molar-refractivity contribution in [2.24, 2.45) is 5.41 Å². The summed E-state index contributed by atoms with van der Waals surface area (Å²) in [6, 6.07) is 5.44. The quantitative estimate of drug-likeness (QED) is 0.811. The second-order valence-corrected chi connectivity index (χ2v) is 5.18. The number of nitrogens with one attached hydrogen (secondary N) is 1. The van der Waals surface area contributed by atoms with E-state index in [1.54, 1.807) is 0 Å². The summed E-state index contributed by atoms with van der Waals surface area (Å²) in [6.07, 6.45) is -4.67. The SMILES string of the molecule is CC(C)(C)C(=S)Nc1ccc(OC(F)(F)F)cc1. The number of halogens is 3. The van der Waals surface area contributed by atoms with Crippen LogP contribution in [0.1, 0.15) is 20.8 Å². The topological polar surface area (TPSA) is 21.3 Å². The monoisotopic (exact) mass is 277 g/mol. The first-order chi connectivity index (χ1) is 8.08. The Hall–Kier alpha value is -1.30. The van der Waals surface area contributed by atoms with Gasteiger partial charge in [0.15, 0.2) is 0 Å². The molecule has 0 aliphatic rings. The van der Waals surface area contributed by atoms with Gasteiger partial charge in [-0.3, -0.25) is 0 Å². The molecule has 0 saturated heterocycles. The number of rotatable bonds is 2. The van der Waals surface area contributed by atoms with Gasteiger partial charge in [0.05, 0.1) is 4.99 Å². The lowest BCUT2D eigenvalue weighted by atomic mass is 9.96. The number of ether oxygens (including phenoxy) is 1. The molecule has 0 amide bonds. The highest BCUT2D eigenvalue weighted by Crippen LogP contribution is 2.25. The van der Waals surface area contributed by atoms with Crippen molar-refractivity contribution in [3.63, 3.8) is 0 Å². The van der Waals surface area contributed by atoms with Crippen LogP contribution in [0.2, 0.25) is 0 Å². The van der Waals surface area contributed by atoms with Crippen LogP contribution in [-0.4, -0.2) is 11.4 Å². The summed E-state index contributed by atoms with van der Waals surface area (Å²) in [5, 5.41) is 2.97. The van der Waals surface area contributed by atoms with Crippen LogP contribution in [-0.2, 0) is 0 Å². The van der Waals surface area contributed by atoms with Crippen molar-refractivity contribution < 1.29 is 17.9 Å². The highest BCUT2D eigenvalue weighted by Gasteiger charge is 2.31. The number of benzene rings is 1. The summed E-state index contributed by atoms with van der Waals surface area (Å²) in [5.41, 5.74) is 0.431.